The first-order valence-electron chi connectivity index (χ1n) is 4.43. The first kappa shape index (κ1) is 10.9. The molecule has 0 bridgehead atoms. The molecular weight excluding hydrogens is 190 g/mol. The summed E-state index contributed by atoms with van der Waals surface area (Å²) < 4.78 is 23.5. The first-order valence-corrected chi connectivity index (χ1v) is 5.98. The molecule has 0 saturated carbocycles. The van der Waals surface area contributed by atoms with Crippen LogP contribution in [-0.2, 0) is 10.2 Å². The molecule has 1 aliphatic heterocycles. The number of piperidine rings is 1. The normalized spacial score (nSPS) is 22.0. The lowest BCUT2D eigenvalue weighted by molar-refractivity contribution is 0.220. The van der Waals surface area contributed by atoms with E-state index in [-0.39, 0.29) is 0 Å². The van der Waals surface area contributed by atoms with Crippen molar-refractivity contribution in [2.24, 2.45) is 11.1 Å². The highest BCUT2D eigenvalue weighted by molar-refractivity contribution is 7.87. The number of nitrogens with two attached hydrogens (primary N) is 1. The Bertz CT molecular complexity index is 244. The zero-order valence-electron chi connectivity index (χ0n) is 7.86. The SMILES string of the molecule is CN1CCC(CNS(N)(=O)=O)CC1. The fourth-order valence-corrected chi connectivity index (χ4v) is 1.97. The van der Waals surface area contributed by atoms with Crippen LogP contribution in [0.3, 0.4) is 0 Å². The van der Waals surface area contributed by atoms with Crippen molar-refractivity contribution >= 4 is 10.2 Å². The molecule has 6 heteroatoms. The van der Waals surface area contributed by atoms with Gasteiger partial charge in [0.05, 0.1) is 0 Å². The minimum Gasteiger partial charge on any atom is -0.306 e. The zero-order chi connectivity index (χ0) is 9.90. The summed E-state index contributed by atoms with van der Waals surface area (Å²) in [5, 5.41) is 4.83. The smallest absolute Gasteiger partial charge is 0.274 e. The van der Waals surface area contributed by atoms with Crippen LogP contribution in [0.25, 0.3) is 0 Å². The van der Waals surface area contributed by atoms with Crippen molar-refractivity contribution in [3.63, 3.8) is 0 Å². The predicted octanol–water partition coefficient (Wildman–Crippen LogP) is -0.879. The Labute approximate surface area is 79.5 Å². The number of rotatable bonds is 3. The van der Waals surface area contributed by atoms with Gasteiger partial charge in [0.15, 0.2) is 0 Å². The number of hydrogen-bond donors (Lipinski definition) is 2. The first-order chi connectivity index (χ1) is 5.97. The third-order valence-electron chi connectivity index (χ3n) is 2.41. The molecule has 1 saturated heterocycles. The van der Waals surface area contributed by atoms with E-state index in [9.17, 15) is 8.42 Å². The molecule has 1 fully saturated rings. The van der Waals surface area contributed by atoms with E-state index >= 15 is 0 Å². The van der Waals surface area contributed by atoms with Crippen LogP contribution in [0.4, 0.5) is 0 Å². The van der Waals surface area contributed by atoms with E-state index in [0.29, 0.717) is 12.5 Å². The molecule has 0 atom stereocenters. The summed E-state index contributed by atoms with van der Waals surface area (Å²) in [6.45, 7) is 2.56. The van der Waals surface area contributed by atoms with Crippen molar-refractivity contribution in [3.05, 3.63) is 0 Å². The Balaban J connectivity index is 2.24. The number of likely N-dealkylation sites (tertiary alicyclic amines) is 1. The fourth-order valence-electron chi connectivity index (χ4n) is 1.50. The van der Waals surface area contributed by atoms with Gasteiger partial charge in [-0.2, -0.15) is 8.42 Å². The highest BCUT2D eigenvalue weighted by Crippen LogP contribution is 2.14. The van der Waals surface area contributed by atoms with E-state index in [4.69, 9.17) is 5.14 Å². The molecule has 0 radical (unpaired) electrons. The molecule has 0 aromatic rings. The Morgan fingerprint density at radius 2 is 2.00 bits per heavy atom. The zero-order valence-corrected chi connectivity index (χ0v) is 8.68. The molecule has 78 valence electrons. The molecule has 3 N–H and O–H groups in total. The second kappa shape index (κ2) is 4.36. The molecule has 13 heavy (non-hydrogen) atoms. The Hall–Kier alpha value is -0.170. The lowest BCUT2D eigenvalue weighted by Gasteiger charge is -2.28. The average Bonchev–Trinajstić information content (AvgIpc) is 2.02. The molecule has 0 spiro atoms. The quantitative estimate of drug-likeness (QED) is 0.631. The van der Waals surface area contributed by atoms with E-state index in [1.54, 1.807) is 0 Å². The Morgan fingerprint density at radius 3 is 2.46 bits per heavy atom. The van der Waals surface area contributed by atoms with Crippen LogP contribution >= 0.6 is 0 Å². The van der Waals surface area contributed by atoms with Gasteiger partial charge in [-0.15, -0.1) is 0 Å². The van der Waals surface area contributed by atoms with Gasteiger partial charge in [0.2, 0.25) is 0 Å². The van der Waals surface area contributed by atoms with Crippen molar-refractivity contribution in [1.29, 1.82) is 0 Å². The maximum Gasteiger partial charge on any atom is 0.274 e. The van der Waals surface area contributed by atoms with Gasteiger partial charge >= 0.3 is 0 Å². The van der Waals surface area contributed by atoms with Gasteiger partial charge in [-0.1, -0.05) is 0 Å². The van der Waals surface area contributed by atoms with Gasteiger partial charge in [-0.05, 0) is 38.9 Å². The topological polar surface area (TPSA) is 75.4 Å². The molecule has 1 heterocycles. The summed E-state index contributed by atoms with van der Waals surface area (Å²) in [4.78, 5) is 2.24. The summed E-state index contributed by atoms with van der Waals surface area (Å²) in [6.07, 6.45) is 2.08. The van der Waals surface area contributed by atoms with Crippen LogP contribution in [-0.4, -0.2) is 40.0 Å². The predicted molar refractivity (Wildman–Crippen MR) is 51.3 cm³/mol. The van der Waals surface area contributed by atoms with E-state index in [2.05, 4.69) is 16.7 Å². The van der Waals surface area contributed by atoms with Crippen molar-refractivity contribution in [2.45, 2.75) is 12.8 Å². The molecular formula is C7H17N3O2S. The van der Waals surface area contributed by atoms with Crippen LogP contribution in [0.2, 0.25) is 0 Å². The Kier molecular flexibility index (Phi) is 3.66. The molecule has 5 nitrogen and oxygen atoms in total. The number of nitrogens with one attached hydrogen (secondary N) is 1. The Morgan fingerprint density at radius 1 is 1.46 bits per heavy atom. The summed E-state index contributed by atoms with van der Waals surface area (Å²) in [5.74, 6) is 0.439. The van der Waals surface area contributed by atoms with Gasteiger partial charge in [-0.25, -0.2) is 9.86 Å². The van der Waals surface area contributed by atoms with Crippen molar-refractivity contribution < 1.29 is 8.42 Å². The van der Waals surface area contributed by atoms with E-state index in [1.165, 1.54) is 0 Å². The maximum atomic E-state index is 10.6. The summed E-state index contributed by atoms with van der Waals surface area (Å²) in [7, 11) is -1.43. The maximum absolute atomic E-state index is 10.6. The lowest BCUT2D eigenvalue weighted by Crippen LogP contribution is -2.39. The van der Waals surface area contributed by atoms with Crippen molar-refractivity contribution in [1.82, 2.24) is 9.62 Å². The average molecular weight is 207 g/mol. The monoisotopic (exact) mass is 207 g/mol. The molecule has 0 amide bonds. The highest BCUT2D eigenvalue weighted by atomic mass is 32.2. The van der Waals surface area contributed by atoms with Crippen LogP contribution < -0.4 is 9.86 Å². The number of hydrogen-bond acceptors (Lipinski definition) is 3. The van der Waals surface area contributed by atoms with Crippen LogP contribution in [0.1, 0.15) is 12.8 Å². The third-order valence-corrected chi connectivity index (χ3v) is 2.98. The summed E-state index contributed by atoms with van der Waals surface area (Å²) in [6, 6.07) is 0. The minimum absolute atomic E-state index is 0.439. The second-order valence-corrected chi connectivity index (χ2v) is 5.02. The fraction of sp³-hybridized carbons (Fsp3) is 1.00. The van der Waals surface area contributed by atoms with Crippen molar-refractivity contribution in [2.75, 3.05) is 26.7 Å². The molecule has 0 unspecified atom stereocenters. The highest BCUT2D eigenvalue weighted by Gasteiger charge is 2.17. The number of nitrogens with zero attached hydrogens (tertiary/aromatic N) is 1. The van der Waals surface area contributed by atoms with Crippen molar-refractivity contribution in [3.8, 4) is 0 Å². The van der Waals surface area contributed by atoms with E-state index in [0.717, 1.165) is 25.9 Å². The second-order valence-electron chi connectivity index (χ2n) is 3.64. The minimum atomic E-state index is -3.50. The standard InChI is InChI=1S/C7H17N3O2S/c1-10-4-2-7(3-5-10)6-9-13(8,11)12/h7,9H,2-6H2,1H3,(H2,8,11,12). The molecule has 0 aliphatic carbocycles. The van der Waals surface area contributed by atoms with Gasteiger partial charge < -0.3 is 4.90 Å². The van der Waals surface area contributed by atoms with Gasteiger partial charge in [0, 0.05) is 6.54 Å². The molecule has 1 aliphatic rings. The third kappa shape index (κ3) is 4.56. The summed E-state index contributed by atoms with van der Waals surface area (Å²) in [5.41, 5.74) is 0. The molecule has 0 aromatic heterocycles. The van der Waals surface area contributed by atoms with Crippen LogP contribution in [0.15, 0.2) is 0 Å². The molecule has 1 rings (SSSR count). The molecule has 0 aromatic carbocycles. The van der Waals surface area contributed by atoms with Gasteiger partial charge in [0.25, 0.3) is 10.2 Å². The largest absolute Gasteiger partial charge is 0.306 e. The van der Waals surface area contributed by atoms with E-state index < -0.39 is 10.2 Å². The van der Waals surface area contributed by atoms with Gasteiger partial charge in [-0.3, -0.25) is 0 Å². The summed E-state index contributed by atoms with van der Waals surface area (Å²) >= 11 is 0. The van der Waals surface area contributed by atoms with E-state index in [1.807, 2.05) is 0 Å². The van der Waals surface area contributed by atoms with Gasteiger partial charge in [0.1, 0.15) is 0 Å². The van der Waals surface area contributed by atoms with Crippen LogP contribution in [0.5, 0.6) is 0 Å². The lowest BCUT2D eigenvalue weighted by atomic mass is 9.98. The van der Waals surface area contributed by atoms with Crippen LogP contribution in [0, 0.1) is 5.92 Å².